The molecule has 3 saturated heterocycles. The molecule has 3 aliphatic heterocycles. The van der Waals surface area contributed by atoms with Crippen molar-refractivity contribution in [2.75, 3.05) is 69.5 Å². The minimum atomic E-state index is -0.307. The molecule has 194 valence electrons. The van der Waals surface area contributed by atoms with Crippen LogP contribution in [0.15, 0.2) is 36.4 Å². The van der Waals surface area contributed by atoms with Gasteiger partial charge in [-0.3, -0.25) is 4.79 Å². The monoisotopic (exact) mass is 504 g/mol. The molecule has 1 spiro atoms. The summed E-state index contributed by atoms with van der Waals surface area (Å²) in [7, 11) is 1.63. The van der Waals surface area contributed by atoms with Gasteiger partial charge in [0.05, 0.1) is 50.1 Å². The van der Waals surface area contributed by atoms with E-state index in [-0.39, 0.29) is 17.6 Å². The molecular formula is C27H32N6O4. The molecule has 1 unspecified atom stereocenters. The van der Waals surface area contributed by atoms with Crippen molar-refractivity contribution >= 4 is 28.7 Å². The minimum Gasteiger partial charge on any atom is -0.378 e. The summed E-state index contributed by atoms with van der Waals surface area (Å²) in [4.78, 5) is 31.7. The highest BCUT2D eigenvalue weighted by Crippen LogP contribution is 2.33. The Hall–Kier alpha value is -3.34. The first-order chi connectivity index (χ1) is 18.0. The summed E-state index contributed by atoms with van der Waals surface area (Å²) < 4.78 is 17.5. The highest BCUT2D eigenvalue weighted by Gasteiger charge is 2.41. The van der Waals surface area contributed by atoms with E-state index in [1.165, 1.54) is 0 Å². The van der Waals surface area contributed by atoms with E-state index in [0.717, 1.165) is 35.4 Å². The maximum absolute atomic E-state index is 12.2. The standard InChI is InChI=1S/C27H32N6O4/c1-18-15-35-12-10-33(18)24-21-6-7-22(19-4-3-5-20(14-19)25(34)28-2)29-23(21)30-26(31-24)32-9-13-37-27(16-32)8-11-36-17-27/h3-7,14,18H,8-13,15-17H2,1-2H3,(H,28,34)/t18-,27?/m0/s1. The van der Waals surface area contributed by atoms with Crippen LogP contribution >= 0.6 is 0 Å². The van der Waals surface area contributed by atoms with Gasteiger partial charge in [0.1, 0.15) is 11.4 Å². The highest BCUT2D eigenvalue weighted by molar-refractivity contribution is 5.95. The third-order valence-corrected chi connectivity index (χ3v) is 7.41. The molecule has 0 radical (unpaired) electrons. The lowest BCUT2D eigenvalue weighted by Gasteiger charge is -2.40. The Morgan fingerprint density at radius 2 is 2.00 bits per heavy atom. The largest absolute Gasteiger partial charge is 0.378 e. The second kappa shape index (κ2) is 9.85. The number of pyridine rings is 1. The van der Waals surface area contributed by atoms with E-state index in [2.05, 4.69) is 22.0 Å². The number of aromatic nitrogens is 3. The molecule has 2 atom stereocenters. The lowest BCUT2D eigenvalue weighted by atomic mass is 10.0. The quantitative estimate of drug-likeness (QED) is 0.573. The molecular weight excluding hydrogens is 472 g/mol. The molecule has 6 rings (SSSR count). The van der Waals surface area contributed by atoms with Gasteiger partial charge in [0, 0.05) is 44.3 Å². The van der Waals surface area contributed by atoms with Gasteiger partial charge in [-0.15, -0.1) is 0 Å². The van der Waals surface area contributed by atoms with Gasteiger partial charge in [-0.2, -0.15) is 9.97 Å². The van der Waals surface area contributed by atoms with Gasteiger partial charge in [0.15, 0.2) is 5.65 Å². The van der Waals surface area contributed by atoms with Crippen LogP contribution in [0.3, 0.4) is 0 Å². The molecule has 1 amide bonds. The van der Waals surface area contributed by atoms with Crippen LogP contribution in [0.5, 0.6) is 0 Å². The molecule has 3 fully saturated rings. The first-order valence-electron chi connectivity index (χ1n) is 12.9. The molecule has 1 aromatic carbocycles. The number of carbonyl (C=O) groups excluding carboxylic acids is 1. The Kier molecular flexibility index (Phi) is 6.39. The number of benzene rings is 1. The molecule has 1 N–H and O–H groups in total. The van der Waals surface area contributed by atoms with E-state index in [1.54, 1.807) is 13.1 Å². The fourth-order valence-electron chi connectivity index (χ4n) is 5.35. The Morgan fingerprint density at radius 1 is 1.08 bits per heavy atom. The lowest BCUT2D eigenvalue weighted by molar-refractivity contribution is -0.0583. The maximum Gasteiger partial charge on any atom is 0.251 e. The predicted molar refractivity (Wildman–Crippen MR) is 140 cm³/mol. The predicted octanol–water partition coefficient (Wildman–Crippen LogP) is 2.27. The van der Waals surface area contributed by atoms with E-state index >= 15 is 0 Å². The van der Waals surface area contributed by atoms with E-state index in [0.29, 0.717) is 63.3 Å². The number of nitrogens with zero attached hydrogens (tertiary/aromatic N) is 5. The fourth-order valence-corrected chi connectivity index (χ4v) is 5.35. The van der Waals surface area contributed by atoms with Crippen LogP contribution in [0, 0.1) is 0 Å². The van der Waals surface area contributed by atoms with E-state index in [9.17, 15) is 4.79 Å². The molecule has 10 heteroatoms. The zero-order chi connectivity index (χ0) is 25.4. The third-order valence-electron chi connectivity index (χ3n) is 7.41. The maximum atomic E-state index is 12.2. The summed E-state index contributed by atoms with van der Waals surface area (Å²) in [5.74, 6) is 1.39. The number of carbonyl (C=O) groups is 1. The van der Waals surface area contributed by atoms with Crippen LogP contribution in [-0.2, 0) is 14.2 Å². The first kappa shape index (κ1) is 24.0. The molecule has 2 aromatic heterocycles. The van der Waals surface area contributed by atoms with Crippen LogP contribution in [-0.4, -0.2) is 92.2 Å². The number of morpholine rings is 2. The van der Waals surface area contributed by atoms with Crippen molar-refractivity contribution in [3.05, 3.63) is 42.0 Å². The van der Waals surface area contributed by atoms with Crippen molar-refractivity contribution in [3.63, 3.8) is 0 Å². The molecule has 10 nitrogen and oxygen atoms in total. The third kappa shape index (κ3) is 4.60. The number of fused-ring (bicyclic) bond motifs is 1. The molecule has 5 heterocycles. The zero-order valence-corrected chi connectivity index (χ0v) is 21.3. The highest BCUT2D eigenvalue weighted by atomic mass is 16.6. The number of ether oxygens (including phenoxy) is 3. The van der Waals surface area contributed by atoms with Gasteiger partial charge in [0.25, 0.3) is 5.91 Å². The van der Waals surface area contributed by atoms with Gasteiger partial charge >= 0.3 is 0 Å². The number of nitrogens with one attached hydrogen (secondary N) is 1. The van der Waals surface area contributed by atoms with Crippen molar-refractivity contribution in [1.82, 2.24) is 20.3 Å². The van der Waals surface area contributed by atoms with Crippen molar-refractivity contribution in [3.8, 4) is 11.3 Å². The van der Waals surface area contributed by atoms with E-state index < -0.39 is 0 Å². The summed E-state index contributed by atoms with van der Waals surface area (Å²) in [5.41, 5.74) is 2.53. The van der Waals surface area contributed by atoms with Crippen molar-refractivity contribution in [2.45, 2.75) is 25.0 Å². The van der Waals surface area contributed by atoms with Gasteiger partial charge < -0.3 is 29.3 Å². The lowest BCUT2D eigenvalue weighted by Crippen LogP contribution is -2.53. The molecule has 3 aliphatic rings. The summed E-state index contributed by atoms with van der Waals surface area (Å²) in [6.45, 7) is 7.51. The number of rotatable bonds is 4. The second-order valence-electron chi connectivity index (χ2n) is 9.95. The first-order valence-corrected chi connectivity index (χ1v) is 12.9. The average Bonchev–Trinajstić information content (AvgIpc) is 3.39. The number of hydrogen-bond donors (Lipinski definition) is 1. The normalized spacial score (nSPS) is 24.1. The molecule has 0 bridgehead atoms. The van der Waals surface area contributed by atoms with Gasteiger partial charge in [0.2, 0.25) is 5.95 Å². The Morgan fingerprint density at radius 3 is 2.81 bits per heavy atom. The average molecular weight is 505 g/mol. The summed E-state index contributed by atoms with van der Waals surface area (Å²) in [5, 5.41) is 3.58. The van der Waals surface area contributed by atoms with Gasteiger partial charge in [-0.25, -0.2) is 4.98 Å². The topological polar surface area (TPSA) is 102 Å². The molecule has 0 aliphatic carbocycles. The van der Waals surface area contributed by atoms with Crippen LogP contribution in [0.2, 0.25) is 0 Å². The summed E-state index contributed by atoms with van der Waals surface area (Å²) >= 11 is 0. The fraction of sp³-hybridized carbons (Fsp3) is 0.481. The zero-order valence-electron chi connectivity index (χ0n) is 21.3. The van der Waals surface area contributed by atoms with Crippen LogP contribution < -0.4 is 15.1 Å². The Balaban J connectivity index is 1.44. The smallest absolute Gasteiger partial charge is 0.251 e. The van der Waals surface area contributed by atoms with Gasteiger partial charge in [-0.1, -0.05) is 12.1 Å². The molecule has 37 heavy (non-hydrogen) atoms. The Labute approximate surface area is 215 Å². The number of amides is 1. The molecule has 0 saturated carbocycles. The van der Waals surface area contributed by atoms with Crippen LogP contribution in [0.1, 0.15) is 23.7 Å². The van der Waals surface area contributed by atoms with Crippen molar-refractivity contribution in [1.29, 1.82) is 0 Å². The van der Waals surface area contributed by atoms with Crippen molar-refractivity contribution < 1.29 is 19.0 Å². The summed E-state index contributed by atoms with van der Waals surface area (Å²) in [6.07, 6.45) is 0.870. The van der Waals surface area contributed by atoms with Gasteiger partial charge in [-0.05, 0) is 31.2 Å². The second-order valence-corrected chi connectivity index (χ2v) is 9.95. The number of hydrogen-bond acceptors (Lipinski definition) is 9. The van der Waals surface area contributed by atoms with E-state index in [1.807, 2.05) is 30.3 Å². The Bertz CT molecular complexity index is 1310. The summed E-state index contributed by atoms with van der Waals surface area (Å²) in [6, 6.07) is 11.7. The molecule has 3 aromatic rings. The van der Waals surface area contributed by atoms with Crippen LogP contribution in [0.25, 0.3) is 22.3 Å². The minimum absolute atomic E-state index is 0.131. The van der Waals surface area contributed by atoms with Crippen LogP contribution in [0.4, 0.5) is 11.8 Å². The van der Waals surface area contributed by atoms with Crippen molar-refractivity contribution in [2.24, 2.45) is 0 Å². The number of anilines is 2. The van der Waals surface area contributed by atoms with E-state index in [4.69, 9.17) is 29.2 Å². The SMILES string of the molecule is CNC(=O)c1cccc(-c2ccc3c(N4CCOC[C@@H]4C)nc(N4CCOC5(CCOC5)C4)nc3n2)c1.